The first-order valence-electron chi connectivity index (χ1n) is 8.49. The first-order chi connectivity index (χ1) is 12.1. The molecule has 3 nitrogen and oxygen atoms in total. The van der Waals surface area contributed by atoms with E-state index < -0.39 is 6.10 Å². The molecule has 0 bridgehead atoms. The molecule has 0 saturated carbocycles. The Balaban J connectivity index is 1.85. The van der Waals surface area contributed by atoms with Gasteiger partial charge in [0.1, 0.15) is 0 Å². The Morgan fingerprint density at radius 2 is 1.64 bits per heavy atom. The summed E-state index contributed by atoms with van der Waals surface area (Å²) >= 11 is 0. The molecule has 0 amide bonds. The monoisotopic (exact) mass is 334 g/mol. The van der Waals surface area contributed by atoms with Gasteiger partial charge in [-0.2, -0.15) is 0 Å². The van der Waals surface area contributed by atoms with Crippen molar-refractivity contribution in [1.82, 2.24) is 0 Å². The molecule has 3 aromatic carbocycles. The second kappa shape index (κ2) is 7.49. The van der Waals surface area contributed by atoms with Crippen molar-refractivity contribution in [2.75, 3.05) is 6.61 Å². The maximum atomic E-state index is 11.4. The van der Waals surface area contributed by atoms with Crippen molar-refractivity contribution < 1.29 is 14.6 Å². The third-order valence-electron chi connectivity index (χ3n) is 4.35. The third-order valence-corrected chi connectivity index (χ3v) is 4.35. The van der Waals surface area contributed by atoms with Crippen LogP contribution in [0.15, 0.2) is 66.7 Å². The summed E-state index contributed by atoms with van der Waals surface area (Å²) in [4.78, 5) is 11.4. The average Bonchev–Trinajstić information content (AvgIpc) is 2.62. The van der Waals surface area contributed by atoms with Crippen LogP contribution in [0.4, 0.5) is 0 Å². The predicted octanol–water partition coefficient (Wildman–Crippen LogP) is 4.93. The summed E-state index contributed by atoms with van der Waals surface area (Å²) in [5.41, 5.74) is 1.33. The summed E-state index contributed by atoms with van der Waals surface area (Å²) in [6.45, 7) is 5.47. The van der Waals surface area contributed by atoms with Gasteiger partial charge < -0.3 is 9.84 Å². The van der Waals surface area contributed by atoms with E-state index >= 15 is 0 Å². The van der Waals surface area contributed by atoms with Gasteiger partial charge in [-0.3, -0.25) is 0 Å². The molecule has 0 spiro atoms. The van der Waals surface area contributed by atoms with Gasteiger partial charge in [0, 0.05) is 5.57 Å². The Bertz CT molecular complexity index is 873. The molecule has 1 atom stereocenters. The lowest BCUT2D eigenvalue weighted by Crippen LogP contribution is -2.08. The zero-order chi connectivity index (χ0) is 17.8. The molecule has 0 radical (unpaired) electrons. The fourth-order valence-corrected chi connectivity index (χ4v) is 3.12. The Labute approximate surface area is 147 Å². The standard InChI is InChI=1S/C22H22O3/c1-15(2)22(24)25-13-7-12-20(23)21-18-10-5-3-8-16(18)14-17-9-4-6-11-19(17)21/h3-6,8-11,14,20,23H,1,7,12-13H2,2H3. The lowest BCUT2D eigenvalue weighted by molar-refractivity contribution is -0.139. The Kier molecular flexibility index (Phi) is 5.15. The van der Waals surface area contributed by atoms with Crippen LogP contribution in [-0.4, -0.2) is 17.7 Å². The van der Waals surface area contributed by atoms with Crippen molar-refractivity contribution in [3.05, 3.63) is 72.3 Å². The lowest BCUT2D eigenvalue weighted by Gasteiger charge is -2.17. The lowest BCUT2D eigenvalue weighted by atomic mass is 9.92. The maximum absolute atomic E-state index is 11.4. The molecule has 3 aromatic rings. The number of hydrogen-bond donors (Lipinski definition) is 1. The highest BCUT2D eigenvalue weighted by Crippen LogP contribution is 2.34. The van der Waals surface area contributed by atoms with Gasteiger partial charge in [-0.05, 0) is 52.9 Å². The van der Waals surface area contributed by atoms with Crippen molar-refractivity contribution in [2.24, 2.45) is 0 Å². The van der Waals surface area contributed by atoms with Gasteiger partial charge in [0.15, 0.2) is 0 Å². The SMILES string of the molecule is C=C(C)C(=O)OCCCC(O)c1c2ccccc2cc2ccccc12. The number of carbonyl (C=O) groups excluding carboxylic acids is 1. The number of benzene rings is 3. The number of aliphatic hydroxyl groups excluding tert-OH is 1. The van der Waals surface area contributed by atoms with Crippen LogP contribution in [0.3, 0.4) is 0 Å². The molecule has 128 valence electrons. The molecule has 0 fully saturated rings. The number of carbonyl (C=O) groups is 1. The van der Waals surface area contributed by atoms with E-state index in [0.29, 0.717) is 18.4 Å². The number of aliphatic hydroxyl groups is 1. The minimum Gasteiger partial charge on any atom is -0.462 e. The van der Waals surface area contributed by atoms with E-state index in [1.807, 2.05) is 36.4 Å². The molecule has 0 aliphatic heterocycles. The third kappa shape index (κ3) is 3.72. The van der Waals surface area contributed by atoms with E-state index in [9.17, 15) is 9.90 Å². The molecule has 0 heterocycles. The minimum absolute atomic E-state index is 0.283. The fourth-order valence-electron chi connectivity index (χ4n) is 3.12. The summed E-state index contributed by atoms with van der Waals surface area (Å²) in [5.74, 6) is -0.384. The molecule has 1 N–H and O–H groups in total. The Morgan fingerprint density at radius 1 is 1.08 bits per heavy atom. The molecule has 0 aliphatic rings. The molecule has 0 aliphatic carbocycles. The van der Waals surface area contributed by atoms with Crippen LogP contribution in [0.2, 0.25) is 0 Å². The van der Waals surface area contributed by atoms with Crippen LogP contribution in [0.25, 0.3) is 21.5 Å². The summed E-state index contributed by atoms with van der Waals surface area (Å²) in [5, 5.41) is 15.2. The van der Waals surface area contributed by atoms with E-state index in [2.05, 4.69) is 24.8 Å². The molecular weight excluding hydrogens is 312 g/mol. The number of hydrogen-bond acceptors (Lipinski definition) is 3. The number of rotatable bonds is 6. The zero-order valence-electron chi connectivity index (χ0n) is 14.4. The van der Waals surface area contributed by atoms with Gasteiger partial charge in [-0.1, -0.05) is 55.1 Å². The Hall–Kier alpha value is -2.65. The highest BCUT2D eigenvalue weighted by molar-refractivity contribution is 6.02. The van der Waals surface area contributed by atoms with E-state index in [-0.39, 0.29) is 12.6 Å². The van der Waals surface area contributed by atoms with Crippen molar-refractivity contribution in [3.8, 4) is 0 Å². The quantitative estimate of drug-likeness (QED) is 0.301. The number of fused-ring (bicyclic) bond motifs is 2. The summed E-state index contributed by atoms with van der Waals surface area (Å²) < 4.78 is 5.12. The van der Waals surface area contributed by atoms with Gasteiger partial charge >= 0.3 is 5.97 Å². The van der Waals surface area contributed by atoms with Gasteiger partial charge in [0.2, 0.25) is 0 Å². The summed E-state index contributed by atoms with van der Waals surface area (Å²) in [6, 6.07) is 18.3. The fraction of sp³-hybridized carbons (Fsp3) is 0.227. The van der Waals surface area contributed by atoms with Crippen LogP contribution in [0.1, 0.15) is 31.4 Å². The number of esters is 1. The van der Waals surface area contributed by atoms with Crippen molar-refractivity contribution in [2.45, 2.75) is 25.9 Å². The second-order valence-electron chi connectivity index (χ2n) is 6.31. The maximum Gasteiger partial charge on any atom is 0.333 e. The molecule has 3 heteroatoms. The predicted molar refractivity (Wildman–Crippen MR) is 101 cm³/mol. The second-order valence-corrected chi connectivity index (χ2v) is 6.31. The highest BCUT2D eigenvalue weighted by Gasteiger charge is 2.15. The van der Waals surface area contributed by atoms with Gasteiger partial charge in [0.05, 0.1) is 12.7 Å². The first-order valence-corrected chi connectivity index (χ1v) is 8.49. The minimum atomic E-state index is -0.612. The van der Waals surface area contributed by atoms with Crippen LogP contribution in [-0.2, 0) is 9.53 Å². The molecule has 0 aromatic heterocycles. The molecule has 25 heavy (non-hydrogen) atoms. The molecule has 3 rings (SSSR count). The van der Waals surface area contributed by atoms with Crippen molar-refractivity contribution in [3.63, 3.8) is 0 Å². The van der Waals surface area contributed by atoms with Crippen LogP contribution in [0, 0.1) is 0 Å². The highest BCUT2D eigenvalue weighted by atomic mass is 16.5. The molecule has 0 saturated heterocycles. The van der Waals surface area contributed by atoms with Gasteiger partial charge in [0.25, 0.3) is 0 Å². The van der Waals surface area contributed by atoms with Crippen LogP contribution < -0.4 is 0 Å². The van der Waals surface area contributed by atoms with E-state index in [0.717, 1.165) is 27.1 Å². The number of ether oxygens (including phenoxy) is 1. The van der Waals surface area contributed by atoms with E-state index in [4.69, 9.17) is 4.74 Å². The molecule has 1 unspecified atom stereocenters. The topological polar surface area (TPSA) is 46.5 Å². The zero-order valence-corrected chi connectivity index (χ0v) is 14.4. The van der Waals surface area contributed by atoms with Crippen molar-refractivity contribution in [1.29, 1.82) is 0 Å². The summed E-state index contributed by atoms with van der Waals surface area (Å²) in [7, 11) is 0. The molecular formula is C22H22O3. The summed E-state index contributed by atoms with van der Waals surface area (Å²) in [6.07, 6.45) is 0.513. The first kappa shape index (κ1) is 17.2. The van der Waals surface area contributed by atoms with Crippen LogP contribution in [0.5, 0.6) is 0 Å². The van der Waals surface area contributed by atoms with Gasteiger partial charge in [-0.15, -0.1) is 0 Å². The normalized spacial score (nSPS) is 12.2. The van der Waals surface area contributed by atoms with Crippen molar-refractivity contribution >= 4 is 27.5 Å². The van der Waals surface area contributed by atoms with Gasteiger partial charge in [-0.25, -0.2) is 4.79 Å². The van der Waals surface area contributed by atoms with E-state index in [1.54, 1.807) is 6.92 Å². The largest absolute Gasteiger partial charge is 0.462 e. The van der Waals surface area contributed by atoms with E-state index in [1.165, 1.54) is 0 Å². The smallest absolute Gasteiger partial charge is 0.333 e. The average molecular weight is 334 g/mol. The Morgan fingerprint density at radius 3 is 2.20 bits per heavy atom. The van der Waals surface area contributed by atoms with Crippen LogP contribution >= 0.6 is 0 Å².